The number of nitrogens with zero attached hydrogens (tertiary/aromatic N) is 3. The summed E-state index contributed by atoms with van der Waals surface area (Å²) in [6.45, 7) is 9.77. The van der Waals surface area contributed by atoms with Crippen LogP contribution in [0.4, 0.5) is 5.95 Å². The van der Waals surface area contributed by atoms with Crippen LogP contribution in [0.15, 0.2) is 79.0 Å². The third-order valence-corrected chi connectivity index (χ3v) is 6.37. The van der Waals surface area contributed by atoms with Crippen LogP contribution in [-0.2, 0) is 4.79 Å². The predicted molar refractivity (Wildman–Crippen MR) is 144 cm³/mol. The third kappa shape index (κ3) is 5.38. The Bertz CT molecular complexity index is 1390. The molecule has 0 radical (unpaired) electrons. The zero-order chi connectivity index (χ0) is 25.8. The van der Waals surface area contributed by atoms with E-state index in [9.17, 15) is 9.59 Å². The molecule has 0 atom stereocenters. The molecule has 1 N–H and O–H groups in total. The predicted octanol–water partition coefficient (Wildman–Crippen LogP) is 5.95. The third-order valence-electron chi connectivity index (χ3n) is 6.37. The molecular weight excluding hydrogens is 448 g/mol. The summed E-state index contributed by atoms with van der Waals surface area (Å²) in [5, 5.41) is 2.96. The van der Waals surface area contributed by atoms with Gasteiger partial charge >= 0.3 is 0 Å². The van der Waals surface area contributed by atoms with Gasteiger partial charge in [-0.15, -0.1) is 0 Å². The lowest BCUT2D eigenvalue weighted by molar-refractivity contribution is -0.117. The van der Waals surface area contributed by atoms with Crippen molar-refractivity contribution in [2.24, 2.45) is 0 Å². The van der Waals surface area contributed by atoms with Crippen molar-refractivity contribution in [1.29, 1.82) is 0 Å². The van der Waals surface area contributed by atoms with Gasteiger partial charge in [0.2, 0.25) is 11.9 Å². The van der Waals surface area contributed by atoms with Crippen molar-refractivity contribution in [1.82, 2.24) is 14.5 Å². The average Bonchev–Trinajstić information content (AvgIpc) is 3.28. The lowest BCUT2D eigenvalue weighted by Gasteiger charge is -2.26. The fourth-order valence-corrected chi connectivity index (χ4v) is 4.06. The van der Waals surface area contributed by atoms with Gasteiger partial charge in [-0.1, -0.05) is 54.6 Å². The minimum absolute atomic E-state index is 0.0781. The normalized spacial score (nSPS) is 10.9. The first-order chi connectivity index (χ1) is 17.2. The molecule has 6 heteroatoms. The first kappa shape index (κ1) is 24.9. The molecule has 6 nitrogen and oxygen atoms in total. The highest BCUT2D eigenvalue weighted by Crippen LogP contribution is 2.25. The highest BCUT2D eigenvalue weighted by molar-refractivity contribution is 6.00. The molecule has 4 rings (SSSR count). The molecule has 36 heavy (non-hydrogen) atoms. The molecule has 184 valence electrons. The molecule has 3 aromatic carbocycles. The molecule has 0 fully saturated rings. The first-order valence-corrected chi connectivity index (χ1v) is 12.1. The summed E-state index contributed by atoms with van der Waals surface area (Å²) in [5.74, 6) is -0.0594. The lowest BCUT2D eigenvalue weighted by atomic mass is 10.1. The molecule has 0 aliphatic carbocycles. The molecule has 0 unspecified atom stereocenters. The fourth-order valence-electron chi connectivity index (χ4n) is 4.06. The number of hydrogen-bond acceptors (Lipinski definition) is 3. The van der Waals surface area contributed by atoms with Gasteiger partial charge in [0.1, 0.15) is 6.54 Å². The molecule has 0 aliphatic rings. The van der Waals surface area contributed by atoms with Crippen molar-refractivity contribution in [2.45, 2.75) is 40.7 Å². The van der Waals surface area contributed by atoms with Crippen molar-refractivity contribution in [3.05, 3.63) is 101 Å². The van der Waals surface area contributed by atoms with Gasteiger partial charge in [0, 0.05) is 29.1 Å². The second kappa shape index (κ2) is 10.6. The van der Waals surface area contributed by atoms with Gasteiger partial charge in [0.25, 0.3) is 5.91 Å². The number of carbonyl (C=O) groups is 2. The van der Waals surface area contributed by atoms with Crippen LogP contribution in [0.2, 0.25) is 0 Å². The number of nitrogens with one attached hydrogen (secondary N) is 1. The van der Waals surface area contributed by atoms with Crippen LogP contribution in [0.3, 0.4) is 0 Å². The molecule has 0 aliphatic heterocycles. The maximum Gasteiger partial charge on any atom is 0.254 e. The Morgan fingerprint density at radius 3 is 2.25 bits per heavy atom. The minimum Gasteiger partial charge on any atom is -0.327 e. The van der Waals surface area contributed by atoms with E-state index in [0.717, 1.165) is 28.1 Å². The van der Waals surface area contributed by atoms with Crippen molar-refractivity contribution >= 4 is 17.8 Å². The lowest BCUT2D eigenvalue weighted by Crippen LogP contribution is -2.42. The molecule has 2 amide bonds. The average molecular weight is 481 g/mol. The van der Waals surface area contributed by atoms with Crippen LogP contribution >= 0.6 is 0 Å². The van der Waals surface area contributed by atoms with Crippen LogP contribution in [0.5, 0.6) is 0 Å². The van der Waals surface area contributed by atoms with Crippen LogP contribution in [0.25, 0.3) is 16.9 Å². The fraction of sp³-hybridized carbons (Fsp3) is 0.233. The summed E-state index contributed by atoms with van der Waals surface area (Å²) < 4.78 is 1.88. The van der Waals surface area contributed by atoms with Gasteiger partial charge in [-0.05, 0) is 69.5 Å². The van der Waals surface area contributed by atoms with E-state index in [4.69, 9.17) is 4.98 Å². The van der Waals surface area contributed by atoms with Crippen molar-refractivity contribution < 1.29 is 9.59 Å². The number of rotatable bonds is 7. The Kier molecular flexibility index (Phi) is 7.34. The molecule has 1 heterocycles. The Labute approximate surface area is 212 Å². The summed E-state index contributed by atoms with van der Waals surface area (Å²) >= 11 is 0. The number of aryl methyl sites for hydroxylation is 3. The van der Waals surface area contributed by atoms with Crippen molar-refractivity contribution in [3.8, 4) is 16.9 Å². The van der Waals surface area contributed by atoms with Crippen LogP contribution in [-0.4, -0.2) is 38.9 Å². The molecule has 1 aromatic heterocycles. The zero-order valence-electron chi connectivity index (χ0n) is 21.4. The number of benzene rings is 3. The highest BCUT2D eigenvalue weighted by atomic mass is 16.2. The number of carbonyl (C=O) groups excluding carboxylic acids is 2. The summed E-state index contributed by atoms with van der Waals surface area (Å²) in [7, 11) is 0. The number of hydrogen-bond donors (Lipinski definition) is 1. The van der Waals surface area contributed by atoms with E-state index in [-0.39, 0.29) is 24.4 Å². The Balaban J connectivity index is 1.64. The summed E-state index contributed by atoms with van der Waals surface area (Å²) in [5.41, 5.74) is 6.42. The van der Waals surface area contributed by atoms with E-state index >= 15 is 0 Å². The van der Waals surface area contributed by atoms with Crippen molar-refractivity contribution in [3.63, 3.8) is 0 Å². The second-order valence-electron chi connectivity index (χ2n) is 9.34. The van der Waals surface area contributed by atoms with Crippen LogP contribution in [0.1, 0.15) is 40.9 Å². The maximum atomic E-state index is 13.3. The van der Waals surface area contributed by atoms with Gasteiger partial charge in [-0.25, -0.2) is 4.98 Å². The molecule has 4 aromatic rings. The molecule has 0 saturated heterocycles. The number of amides is 2. The summed E-state index contributed by atoms with van der Waals surface area (Å²) in [6.07, 6.45) is 1.92. The smallest absolute Gasteiger partial charge is 0.254 e. The molecular formula is C30H32N4O2. The topological polar surface area (TPSA) is 67.2 Å². The Morgan fingerprint density at radius 2 is 1.58 bits per heavy atom. The SMILES string of the molecule is Cc1ccc(-n2cc(-c3ccccc3)nc2NC(=O)CN(C(=O)c2ccccc2C)C(C)C)cc1C. The van der Waals surface area contributed by atoms with Gasteiger partial charge in [-0.3, -0.25) is 19.5 Å². The summed E-state index contributed by atoms with van der Waals surface area (Å²) in [6, 6.07) is 23.3. The van der Waals surface area contributed by atoms with E-state index in [0.29, 0.717) is 11.5 Å². The van der Waals surface area contributed by atoms with E-state index in [2.05, 4.69) is 31.3 Å². The van der Waals surface area contributed by atoms with E-state index in [1.807, 2.05) is 86.1 Å². The molecule has 0 saturated carbocycles. The van der Waals surface area contributed by atoms with Crippen LogP contribution < -0.4 is 5.32 Å². The Morgan fingerprint density at radius 1 is 0.889 bits per heavy atom. The quantitative estimate of drug-likeness (QED) is 0.355. The van der Waals surface area contributed by atoms with Gasteiger partial charge in [0.15, 0.2) is 0 Å². The van der Waals surface area contributed by atoms with E-state index in [1.165, 1.54) is 5.56 Å². The largest absolute Gasteiger partial charge is 0.327 e. The van der Waals surface area contributed by atoms with Gasteiger partial charge < -0.3 is 4.90 Å². The van der Waals surface area contributed by atoms with Crippen LogP contribution in [0, 0.1) is 20.8 Å². The maximum absolute atomic E-state index is 13.3. The zero-order valence-corrected chi connectivity index (χ0v) is 21.4. The highest BCUT2D eigenvalue weighted by Gasteiger charge is 2.24. The second-order valence-corrected chi connectivity index (χ2v) is 9.34. The van der Waals surface area contributed by atoms with Crippen molar-refractivity contribution in [2.75, 3.05) is 11.9 Å². The number of imidazole rings is 1. The minimum atomic E-state index is -0.305. The Hall–Kier alpha value is -4.19. The molecule has 0 bridgehead atoms. The standard InChI is InChI=1S/C30H32N4O2/c1-20(2)33(29(36)26-14-10-9-11-22(26)4)19-28(35)32-30-31-27(24-12-7-6-8-13-24)18-34(30)25-16-15-21(3)23(5)17-25/h6-18,20H,19H2,1-5H3,(H,31,32,35). The number of aromatic nitrogens is 2. The number of anilines is 1. The monoisotopic (exact) mass is 480 g/mol. The molecule has 0 spiro atoms. The summed E-state index contributed by atoms with van der Waals surface area (Å²) in [4.78, 5) is 32.8. The van der Waals surface area contributed by atoms with E-state index < -0.39 is 0 Å². The van der Waals surface area contributed by atoms with Gasteiger partial charge in [0.05, 0.1) is 5.69 Å². The first-order valence-electron chi connectivity index (χ1n) is 12.1. The van der Waals surface area contributed by atoms with E-state index in [1.54, 1.807) is 11.0 Å². The van der Waals surface area contributed by atoms with Gasteiger partial charge in [-0.2, -0.15) is 0 Å².